The maximum absolute atomic E-state index is 10.6. The summed E-state index contributed by atoms with van der Waals surface area (Å²) in [5.41, 5.74) is 1.11. The molecule has 0 saturated carbocycles. The first-order valence-corrected chi connectivity index (χ1v) is 6.63. The van der Waals surface area contributed by atoms with E-state index in [4.69, 9.17) is 4.74 Å². The molecule has 0 aliphatic carbocycles. The summed E-state index contributed by atoms with van der Waals surface area (Å²) in [6, 6.07) is 10.9. The number of rotatable bonds is 6. The van der Waals surface area contributed by atoms with E-state index in [-0.39, 0.29) is 5.69 Å². The molecule has 0 fully saturated rings. The fraction of sp³-hybridized carbons (Fsp3) is 0.267. The topological polar surface area (TPSA) is 68.5 Å². The van der Waals surface area contributed by atoms with Crippen LogP contribution in [-0.4, -0.2) is 23.6 Å². The lowest BCUT2D eigenvalue weighted by atomic mass is 10.2. The number of ether oxygens (including phenoxy) is 1. The van der Waals surface area contributed by atoms with Crippen LogP contribution in [0, 0.1) is 10.1 Å². The average molecular weight is 287 g/mol. The third-order valence-electron chi connectivity index (χ3n) is 2.99. The van der Waals surface area contributed by atoms with Crippen LogP contribution in [0.2, 0.25) is 0 Å². The zero-order valence-electron chi connectivity index (χ0n) is 12.0. The minimum absolute atomic E-state index is 0.00628. The van der Waals surface area contributed by atoms with Crippen LogP contribution in [-0.2, 0) is 6.54 Å². The second-order valence-electron chi connectivity index (χ2n) is 4.56. The van der Waals surface area contributed by atoms with Crippen molar-refractivity contribution in [1.29, 1.82) is 0 Å². The number of pyridine rings is 1. The first-order chi connectivity index (χ1) is 10.1. The molecule has 0 aliphatic heterocycles. The molecule has 0 N–H and O–H groups in total. The maximum atomic E-state index is 10.6. The van der Waals surface area contributed by atoms with Gasteiger partial charge in [-0.15, -0.1) is 0 Å². The Morgan fingerprint density at radius 2 is 1.95 bits per heavy atom. The Balaban J connectivity index is 2.03. The van der Waals surface area contributed by atoms with Crippen LogP contribution in [0.25, 0.3) is 0 Å². The highest BCUT2D eigenvalue weighted by Crippen LogP contribution is 2.18. The normalized spacial score (nSPS) is 10.2. The molecule has 6 heteroatoms. The van der Waals surface area contributed by atoms with Crippen LogP contribution < -0.4 is 9.64 Å². The molecular formula is C15H17N3O3. The number of hydrogen-bond acceptors (Lipinski definition) is 5. The quantitative estimate of drug-likeness (QED) is 0.603. The van der Waals surface area contributed by atoms with Gasteiger partial charge in [0.1, 0.15) is 17.8 Å². The van der Waals surface area contributed by atoms with Crippen molar-refractivity contribution in [2.75, 3.05) is 18.6 Å². The van der Waals surface area contributed by atoms with E-state index in [0.717, 1.165) is 11.3 Å². The van der Waals surface area contributed by atoms with Gasteiger partial charge in [-0.25, -0.2) is 4.98 Å². The minimum Gasteiger partial charge on any atom is -0.494 e. The van der Waals surface area contributed by atoms with Crippen LogP contribution in [0.3, 0.4) is 0 Å². The van der Waals surface area contributed by atoms with Crippen LogP contribution >= 0.6 is 0 Å². The van der Waals surface area contributed by atoms with Crippen molar-refractivity contribution < 1.29 is 9.66 Å². The zero-order valence-corrected chi connectivity index (χ0v) is 12.0. The molecule has 0 spiro atoms. The predicted octanol–water partition coefficient (Wildman–Crippen LogP) is 3.02. The third-order valence-corrected chi connectivity index (χ3v) is 2.99. The molecule has 0 saturated heterocycles. The second-order valence-corrected chi connectivity index (χ2v) is 4.56. The van der Waals surface area contributed by atoms with E-state index in [2.05, 4.69) is 4.98 Å². The van der Waals surface area contributed by atoms with Gasteiger partial charge < -0.3 is 9.64 Å². The smallest absolute Gasteiger partial charge is 0.287 e. The molecular weight excluding hydrogens is 270 g/mol. The van der Waals surface area contributed by atoms with Gasteiger partial charge in [-0.1, -0.05) is 12.1 Å². The average Bonchev–Trinajstić information content (AvgIpc) is 2.49. The lowest BCUT2D eigenvalue weighted by Gasteiger charge is -2.18. The molecule has 0 radical (unpaired) electrons. The van der Waals surface area contributed by atoms with Gasteiger partial charge in [0.25, 0.3) is 5.69 Å². The molecule has 0 amide bonds. The summed E-state index contributed by atoms with van der Waals surface area (Å²) in [6.45, 7) is 3.26. The Bertz CT molecular complexity index is 597. The monoisotopic (exact) mass is 287 g/mol. The summed E-state index contributed by atoms with van der Waals surface area (Å²) in [5.74, 6) is 1.53. The van der Waals surface area contributed by atoms with Crippen molar-refractivity contribution in [2.45, 2.75) is 13.5 Å². The van der Waals surface area contributed by atoms with Gasteiger partial charge in [0.2, 0.25) is 0 Å². The molecule has 0 bridgehead atoms. The summed E-state index contributed by atoms with van der Waals surface area (Å²) >= 11 is 0. The molecule has 0 unspecified atom stereocenters. The Hall–Kier alpha value is -2.63. The summed E-state index contributed by atoms with van der Waals surface area (Å²) in [7, 11) is 1.89. The summed E-state index contributed by atoms with van der Waals surface area (Å²) in [4.78, 5) is 16.2. The fourth-order valence-electron chi connectivity index (χ4n) is 1.92. The molecule has 2 aromatic rings. The lowest BCUT2D eigenvalue weighted by molar-refractivity contribution is -0.385. The molecule has 1 aromatic heterocycles. The van der Waals surface area contributed by atoms with Gasteiger partial charge >= 0.3 is 0 Å². The van der Waals surface area contributed by atoms with Crippen molar-refractivity contribution in [2.24, 2.45) is 0 Å². The zero-order chi connectivity index (χ0) is 15.2. The molecule has 6 nitrogen and oxygen atoms in total. The fourth-order valence-corrected chi connectivity index (χ4v) is 1.92. The highest BCUT2D eigenvalue weighted by Gasteiger charge is 2.08. The molecule has 1 heterocycles. The number of anilines is 1. The SMILES string of the molecule is CCOc1ccc(CN(C)c2ccc([N+](=O)[O-])cn2)cc1. The van der Waals surface area contributed by atoms with Crippen molar-refractivity contribution in [3.8, 4) is 5.75 Å². The van der Waals surface area contributed by atoms with Gasteiger partial charge in [0, 0.05) is 19.7 Å². The van der Waals surface area contributed by atoms with Crippen molar-refractivity contribution in [3.63, 3.8) is 0 Å². The molecule has 110 valence electrons. The summed E-state index contributed by atoms with van der Waals surface area (Å²) in [6.07, 6.45) is 1.27. The first kappa shape index (κ1) is 14.8. The minimum atomic E-state index is -0.455. The molecule has 0 aliphatic rings. The Labute approximate surface area is 123 Å². The lowest BCUT2D eigenvalue weighted by Crippen LogP contribution is -2.17. The Morgan fingerprint density at radius 1 is 1.24 bits per heavy atom. The molecule has 0 atom stereocenters. The second kappa shape index (κ2) is 6.69. The van der Waals surface area contributed by atoms with Crippen molar-refractivity contribution in [3.05, 3.63) is 58.3 Å². The highest BCUT2D eigenvalue weighted by molar-refractivity contribution is 5.43. The van der Waals surface area contributed by atoms with E-state index in [1.54, 1.807) is 6.07 Å². The van der Waals surface area contributed by atoms with Crippen LogP contribution in [0.4, 0.5) is 11.5 Å². The van der Waals surface area contributed by atoms with Gasteiger partial charge in [-0.3, -0.25) is 10.1 Å². The van der Waals surface area contributed by atoms with Crippen LogP contribution in [0.1, 0.15) is 12.5 Å². The Kier molecular flexibility index (Phi) is 4.71. The summed E-state index contributed by atoms with van der Waals surface area (Å²) < 4.78 is 5.40. The number of nitrogens with zero attached hydrogens (tertiary/aromatic N) is 3. The maximum Gasteiger partial charge on any atom is 0.287 e. The van der Waals surface area contributed by atoms with E-state index >= 15 is 0 Å². The van der Waals surface area contributed by atoms with Crippen molar-refractivity contribution in [1.82, 2.24) is 4.98 Å². The number of nitro groups is 1. The third kappa shape index (κ3) is 3.92. The largest absolute Gasteiger partial charge is 0.494 e. The predicted molar refractivity (Wildman–Crippen MR) is 80.6 cm³/mol. The van der Waals surface area contributed by atoms with Crippen LogP contribution in [0.5, 0.6) is 5.75 Å². The standard InChI is InChI=1S/C15H17N3O3/c1-3-21-14-7-4-12(5-8-14)11-17(2)15-9-6-13(10-16-15)18(19)20/h4-10H,3,11H2,1-2H3. The van der Waals surface area contributed by atoms with Gasteiger partial charge in [0.15, 0.2) is 0 Å². The van der Waals surface area contributed by atoms with Gasteiger partial charge in [-0.05, 0) is 30.7 Å². The first-order valence-electron chi connectivity index (χ1n) is 6.63. The Morgan fingerprint density at radius 3 is 2.48 bits per heavy atom. The van der Waals surface area contributed by atoms with E-state index < -0.39 is 4.92 Å². The number of hydrogen-bond donors (Lipinski definition) is 0. The van der Waals surface area contributed by atoms with Gasteiger partial charge in [0.05, 0.1) is 11.5 Å². The van der Waals surface area contributed by atoms with E-state index in [0.29, 0.717) is 19.0 Å². The molecule has 2 rings (SSSR count). The highest BCUT2D eigenvalue weighted by atomic mass is 16.6. The van der Waals surface area contributed by atoms with Crippen molar-refractivity contribution >= 4 is 11.5 Å². The van der Waals surface area contributed by atoms with E-state index in [9.17, 15) is 10.1 Å². The van der Waals surface area contributed by atoms with Crippen LogP contribution in [0.15, 0.2) is 42.6 Å². The van der Waals surface area contributed by atoms with E-state index in [1.165, 1.54) is 12.3 Å². The molecule has 21 heavy (non-hydrogen) atoms. The molecule has 1 aromatic carbocycles. The number of aromatic nitrogens is 1. The number of benzene rings is 1. The summed E-state index contributed by atoms with van der Waals surface area (Å²) in [5, 5.41) is 10.6. The van der Waals surface area contributed by atoms with E-state index in [1.807, 2.05) is 43.1 Å². The van der Waals surface area contributed by atoms with Gasteiger partial charge in [-0.2, -0.15) is 0 Å².